The number of benzene rings is 1. The van der Waals surface area contributed by atoms with Gasteiger partial charge in [-0.25, -0.2) is 0 Å². The first kappa shape index (κ1) is 21.0. The molecule has 1 aliphatic heterocycles. The average Bonchev–Trinajstić information content (AvgIpc) is 3.29. The van der Waals surface area contributed by atoms with Crippen molar-refractivity contribution in [3.63, 3.8) is 0 Å². The van der Waals surface area contributed by atoms with Crippen molar-refractivity contribution in [3.05, 3.63) is 53.3 Å². The molecule has 3 atom stereocenters. The second-order valence-electron chi connectivity index (χ2n) is 7.91. The zero-order valence-corrected chi connectivity index (χ0v) is 17.8. The summed E-state index contributed by atoms with van der Waals surface area (Å²) in [5.74, 6) is -0.758. The van der Waals surface area contributed by atoms with Crippen LogP contribution in [0.2, 0.25) is 0 Å². The van der Waals surface area contributed by atoms with Gasteiger partial charge in [-0.2, -0.15) is 5.10 Å². The summed E-state index contributed by atoms with van der Waals surface area (Å²) in [5.41, 5.74) is 2.24. The van der Waals surface area contributed by atoms with Gasteiger partial charge in [0.1, 0.15) is 5.54 Å². The van der Waals surface area contributed by atoms with E-state index in [9.17, 15) is 9.59 Å². The summed E-state index contributed by atoms with van der Waals surface area (Å²) in [6.07, 6.45) is 4.09. The van der Waals surface area contributed by atoms with Gasteiger partial charge in [0.25, 0.3) is 0 Å². The van der Waals surface area contributed by atoms with E-state index in [-0.39, 0.29) is 23.8 Å². The highest BCUT2D eigenvalue weighted by Gasteiger charge is 2.55. The molecule has 1 aromatic carbocycles. The molecule has 7 heteroatoms. The van der Waals surface area contributed by atoms with Gasteiger partial charge in [-0.15, -0.1) is 0 Å². The Balaban J connectivity index is 1.87. The van der Waals surface area contributed by atoms with E-state index in [0.29, 0.717) is 13.0 Å². The number of likely N-dealkylation sites (N-methyl/N-ethyl adjacent to an activating group) is 1. The van der Waals surface area contributed by atoms with Gasteiger partial charge in [0.05, 0.1) is 19.2 Å². The summed E-state index contributed by atoms with van der Waals surface area (Å²) in [7, 11) is 3.29. The molecule has 0 radical (unpaired) electrons. The Kier molecular flexibility index (Phi) is 6.07. The van der Waals surface area contributed by atoms with Crippen molar-refractivity contribution >= 4 is 11.9 Å². The highest BCUT2D eigenvalue weighted by molar-refractivity contribution is 5.86. The smallest absolute Gasteiger partial charge is 0.326 e. The first-order chi connectivity index (χ1) is 13.8. The normalized spacial score (nSPS) is 24.4. The number of aryl methyl sites for hydroxylation is 2. The van der Waals surface area contributed by atoms with Crippen molar-refractivity contribution in [1.29, 1.82) is 0 Å². The van der Waals surface area contributed by atoms with Gasteiger partial charge in [-0.1, -0.05) is 24.3 Å². The zero-order valence-electron chi connectivity index (χ0n) is 17.8. The number of nitrogens with zero attached hydrogens (tertiary/aromatic N) is 3. The number of carbonyl (C=O) groups excluding carboxylic acids is 2. The summed E-state index contributed by atoms with van der Waals surface area (Å²) in [4.78, 5) is 27.8. The maximum atomic E-state index is 13.2. The summed E-state index contributed by atoms with van der Waals surface area (Å²) in [5, 5.41) is 7.29. The van der Waals surface area contributed by atoms with Crippen LogP contribution in [0.3, 0.4) is 0 Å². The van der Waals surface area contributed by atoms with E-state index in [1.165, 1.54) is 7.11 Å². The Morgan fingerprint density at radius 3 is 2.69 bits per heavy atom. The molecule has 156 valence electrons. The maximum Gasteiger partial charge on any atom is 0.326 e. The Hall–Kier alpha value is -2.67. The maximum absolute atomic E-state index is 13.2. The fraction of sp³-hybridized carbons (Fsp3) is 0.500. The number of carbonyl (C=O) groups is 2. The van der Waals surface area contributed by atoms with E-state index >= 15 is 0 Å². The third kappa shape index (κ3) is 3.92. The van der Waals surface area contributed by atoms with Crippen molar-refractivity contribution in [1.82, 2.24) is 20.0 Å². The number of rotatable bonds is 6. The molecule has 0 saturated carbocycles. The van der Waals surface area contributed by atoms with Crippen molar-refractivity contribution in [2.45, 2.75) is 51.9 Å². The standard InChI is InChI=1S/C22H30N4O3/c1-6-26-14-16(13-24-26)12-23-20(27)18-11-22(3,21(28)29-5)25(4)19(18)17-10-8-7-9-15(17)2/h7-10,13-14,18-19H,6,11-12H2,1-5H3,(H,23,27)/t18-,19-,22-/m1/s1. The van der Waals surface area contributed by atoms with Gasteiger partial charge in [0, 0.05) is 30.9 Å². The summed E-state index contributed by atoms with van der Waals surface area (Å²) < 4.78 is 6.90. The number of esters is 1. The van der Waals surface area contributed by atoms with Crippen molar-refractivity contribution in [2.24, 2.45) is 5.92 Å². The van der Waals surface area contributed by atoms with E-state index in [4.69, 9.17) is 4.74 Å². The summed E-state index contributed by atoms with van der Waals surface area (Å²) >= 11 is 0. The van der Waals surface area contributed by atoms with Crippen LogP contribution in [-0.4, -0.2) is 46.3 Å². The van der Waals surface area contributed by atoms with Crippen LogP contribution in [0.5, 0.6) is 0 Å². The average molecular weight is 399 g/mol. The van der Waals surface area contributed by atoms with Gasteiger partial charge >= 0.3 is 5.97 Å². The lowest BCUT2D eigenvalue weighted by Crippen LogP contribution is -2.47. The molecular weight excluding hydrogens is 368 g/mol. The molecule has 29 heavy (non-hydrogen) atoms. The largest absolute Gasteiger partial charge is 0.468 e. The Bertz CT molecular complexity index is 894. The molecule has 0 spiro atoms. The third-order valence-corrected chi connectivity index (χ3v) is 6.14. The molecule has 1 saturated heterocycles. The number of likely N-dealkylation sites (tertiary alicyclic amines) is 1. The molecule has 7 nitrogen and oxygen atoms in total. The predicted molar refractivity (Wildman–Crippen MR) is 110 cm³/mol. The fourth-order valence-corrected chi connectivity index (χ4v) is 4.28. The topological polar surface area (TPSA) is 76.5 Å². The molecule has 0 aliphatic carbocycles. The SMILES string of the molecule is CCn1cc(CNC(=O)[C@@H]2C[C@](C)(C(=O)OC)N(C)[C@@H]2c2ccccc2C)cn1. The number of ether oxygens (including phenoxy) is 1. The fourth-order valence-electron chi connectivity index (χ4n) is 4.28. The number of hydrogen-bond acceptors (Lipinski definition) is 5. The second-order valence-corrected chi connectivity index (χ2v) is 7.91. The minimum atomic E-state index is -0.864. The number of nitrogens with one attached hydrogen (secondary N) is 1. The minimum absolute atomic E-state index is 0.0676. The van der Waals surface area contributed by atoms with Crippen molar-refractivity contribution in [3.8, 4) is 0 Å². The molecule has 0 unspecified atom stereocenters. The molecule has 2 aromatic rings. The minimum Gasteiger partial charge on any atom is -0.468 e. The number of amides is 1. The second kappa shape index (κ2) is 8.37. The highest BCUT2D eigenvalue weighted by atomic mass is 16.5. The first-order valence-electron chi connectivity index (χ1n) is 9.97. The van der Waals surface area contributed by atoms with Gasteiger partial charge < -0.3 is 10.1 Å². The zero-order chi connectivity index (χ0) is 21.2. The van der Waals surface area contributed by atoms with Gasteiger partial charge in [-0.3, -0.25) is 19.2 Å². The monoisotopic (exact) mass is 398 g/mol. The lowest BCUT2D eigenvalue weighted by atomic mass is 9.88. The summed E-state index contributed by atoms with van der Waals surface area (Å²) in [6.45, 7) is 7.10. The first-order valence-corrected chi connectivity index (χ1v) is 9.97. The van der Waals surface area contributed by atoms with Crippen molar-refractivity contribution < 1.29 is 14.3 Å². The Morgan fingerprint density at radius 1 is 1.34 bits per heavy atom. The van der Waals surface area contributed by atoms with Crippen molar-refractivity contribution in [2.75, 3.05) is 14.2 Å². The van der Waals surface area contributed by atoms with Gasteiger partial charge in [0.2, 0.25) is 5.91 Å². The Labute approximate surface area is 172 Å². The van der Waals surface area contributed by atoms with Crippen LogP contribution in [-0.2, 0) is 27.4 Å². The lowest BCUT2D eigenvalue weighted by molar-refractivity contribution is -0.152. The third-order valence-electron chi connectivity index (χ3n) is 6.14. The quantitative estimate of drug-likeness (QED) is 0.757. The number of hydrogen-bond donors (Lipinski definition) is 1. The van der Waals surface area contributed by atoms with E-state index in [2.05, 4.69) is 10.4 Å². The van der Waals surface area contributed by atoms with Gasteiger partial charge in [0.15, 0.2) is 0 Å². The molecule has 1 amide bonds. The van der Waals surface area contributed by atoms with Crippen LogP contribution in [0.25, 0.3) is 0 Å². The molecule has 0 bridgehead atoms. The molecule has 1 aliphatic rings. The number of aromatic nitrogens is 2. The van der Waals surface area contributed by atoms with Crippen LogP contribution in [0.4, 0.5) is 0 Å². The molecule has 1 fully saturated rings. The van der Waals surface area contributed by atoms with E-state index < -0.39 is 5.54 Å². The number of methoxy groups -OCH3 is 1. The molecule has 2 heterocycles. The Morgan fingerprint density at radius 2 is 2.07 bits per heavy atom. The van der Waals surface area contributed by atoms with Crippen LogP contribution < -0.4 is 5.32 Å². The molecular formula is C22H30N4O3. The molecule has 1 N–H and O–H groups in total. The highest BCUT2D eigenvalue weighted by Crippen LogP contribution is 2.47. The lowest BCUT2D eigenvalue weighted by Gasteiger charge is -2.33. The van der Waals surface area contributed by atoms with Crippen LogP contribution in [0.15, 0.2) is 36.7 Å². The van der Waals surface area contributed by atoms with E-state index in [1.54, 1.807) is 6.20 Å². The van der Waals surface area contributed by atoms with Crippen LogP contribution in [0, 0.1) is 12.8 Å². The predicted octanol–water partition coefficient (Wildman–Crippen LogP) is 2.45. The van der Waals surface area contributed by atoms with E-state index in [1.807, 2.05) is 67.9 Å². The van der Waals surface area contributed by atoms with E-state index in [0.717, 1.165) is 23.2 Å². The molecule has 1 aromatic heterocycles. The van der Waals surface area contributed by atoms with Crippen LogP contribution in [0.1, 0.15) is 43.0 Å². The molecule has 3 rings (SSSR count). The van der Waals surface area contributed by atoms with Crippen LogP contribution >= 0.6 is 0 Å². The van der Waals surface area contributed by atoms with Gasteiger partial charge in [-0.05, 0) is 45.4 Å². The summed E-state index contributed by atoms with van der Waals surface area (Å²) in [6, 6.07) is 7.81.